The number of anilines is 2. The number of nitrogens with zero attached hydrogens (tertiary/aromatic N) is 1. The van der Waals surface area contributed by atoms with E-state index in [0.717, 1.165) is 0 Å². The lowest BCUT2D eigenvalue weighted by atomic mass is 10.2. The molecule has 4 N–H and O–H groups in total. The molecule has 0 spiro atoms. The van der Waals surface area contributed by atoms with E-state index in [-0.39, 0.29) is 23.5 Å². The average molecular weight is 294 g/mol. The lowest BCUT2D eigenvalue weighted by molar-refractivity contribution is -0.122. The second-order valence-electron chi connectivity index (χ2n) is 5.04. The van der Waals surface area contributed by atoms with Gasteiger partial charge in [-0.05, 0) is 25.1 Å². The first-order valence-corrected chi connectivity index (χ1v) is 6.84. The van der Waals surface area contributed by atoms with Gasteiger partial charge in [0, 0.05) is 31.7 Å². The minimum atomic E-state index is -0.516. The number of nitrogen functional groups attached to an aromatic ring is 1. The van der Waals surface area contributed by atoms with Gasteiger partial charge in [-0.15, -0.1) is 0 Å². The van der Waals surface area contributed by atoms with E-state index in [1.54, 1.807) is 6.92 Å². The maximum atomic E-state index is 13.1. The summed E-state index contributed by atoms with van der Waals surface area (Å²) >= 11 is 0. The van der Waals surface area contributed by atoms with E-state index in [2.05, 4.69) is 10.6 Å². The molecule has 2 rings (SSSR count). The predicted molar refractivity (Wildman–Crippen MR) is 78.1 cm³/mol. The van der Waals surface area contributed by atoms with E-state index in [1.807, 2.05) is 4.90 Å². The normalized spacial score (nSPS) is 17.7. The van der Waals surface area contributed by atoms with Crippen molar-refractivity contribution in [1.29, 1.82) is 0 Å². The molecule has 6 nitrogen and oxygen atoms in total. The molecule has 114 valence electrons. The molecule has 1 aliphatic heterocycles. The summed E-state index contributed by atoms with van der Waals surface area (Å²) < 4.78 is 13.1. The quantitative estimate of drug-likeness (QED) is 0.711. The van der Waals surface area contributed by atoms with Gasteiger partial charge >= 0.3 is 0 Å². The highest BCUT2D eigenvalue weighted by Gasteiger charge is 2.23. The molecular formula is C14H19FN4O2. The molecule has 7 heteroatoms. The molecule has 1 aromatic carbocycles. The second-order valence-corrected chi connectivity index (χ2v) is 5.04. The summed E-state index contributed by atoms with van der Waals surface area (Å²) in [5.41, 5.74) is 5.91. The van der Waals surface area contributed by atoms with Crippen molar-refractivity contribution >= 4 is 23.2 Å². The Labute approximate surface area is 122 Å². The van der Waals surface area contributed by atoms with Gasteiger partial charge in [-0.1, -0.05) is 0 Å². The number of carbonyl (C=O) groups excluding carboxylic acids is 2. The van der Waals surface area contributed by atoms with Gasteiger partial charge in [0.25, 0.3) is 0 Å². The summed E-state index contributed by atoms with van der Waals surface area (Å²) in [6, 6.07) is 3.67. The van der Waals surface area contributed by atoms with Gasteiger partial charge in [-0.2, -0.15) is 0 Å². The summed E-state index contributed by atoms with van der Waals surface area (Å²) in [5, 5.41) is 5.47. The largest absolute Gasteiger partial charge is 0.396 e. The third kappa shape index (κ3) is 3.91. The van der Waals surface area contributed by atoms with Crippen LogP contribution in [0.15, 0.2) is 18.2 Å². The maximum absolute atomic E-state index is 13.1. The molecule has 1 unspecified atom stereocenters. The number of carbonyl (C=O) groups is 2. The number of hydrogen-bond acceptors (Lipinski definition) is 4. The molecule has 0 aliphatic carbocycles. The lowest BCUT2D eigenvalue weighted by Gasteiger charge is -2.26. The summed E-state index contributed by atoms with van der Waals surface area (Å²) in [6.45, 7) is 3.45. The Morgan fingerprint density at radius 3 is 2.95 bits per heavy atom. The number of amides is 2. The molecule has 0 aromatic heterocycles. The van der Waals surface area contributed by atoms with Gasteiger partial charge in [-0.3, -0.25) is 14.5 Å². The van der Waals surface area contributed by atoms with Crippen LogP contribution in [0.5, 0.6) is 0 Å². The van der Waals surface area contributed by atoms with Gasteiger partial charge in [0.15, 0.2) is 0 Å². The first-order chi connectivity index (χ1) is 9.97. The fraction of sp³-hybridized carbons (Fsp3) is 0.429. The molecule has 1 saturated heterocycles. The zero-order chi connectivity index (χ0) is 15.4. The van der Waals surface area contributed by atoms with Crippen molar-refractivity contribution in [2.75, 3.05) is 30.7 Å². The summed E-state index contributed by atoms with van der Waals surface area (Å²) in [5.74, 6) is -0.732. The molecule has 0 saturated carbocycles. The Bertz CT molecular complexity index is 550. The Balaban J connectivity index is 1.98. The van der Waals surface area contributed by atoms with Gasteiger partial charge in [-0.25, -0.2) is 4.39 Å². The van der Waals surface area contributed by atoms with Crippen molar-refractivity contribution in [3.8, 4) is 0 Å². The Hall–Kier alpha value is -2.15. The highest BCUT2D eigenvalue weighted by Crippen LogP contribution is 2.17. The molecule has 1 fully saturated rings. The highest BCUT2D eigenvalue weighted by molar-refractivity contribution is 5.95. The average Bonchev–Trinajstić information content (AvgIpc) is 2.67. The van der Waals surface area contributed by atoms with Crippen molar-refractivity contribution in [3.05, 3.63) is 24.0 Å². The molecular weight excluding hydrogens is 275 g/mol. The van der Waals surface area contributed by atoms with Crippen LogP contribution in [0, 0.1) is 5.82 Å². The van der Waals surface area contributed by atoms with Gasteiger partial charge < -0.3 is 16.4 Å². The first-order valence-electron chi connectivity index (χ1n) is 6.84. The smallest absolute Gasteiger partial charge is 0.241 e. The number of rotatable bonds is 3. The van der Waals surface area contributed by atoms with Crippen molar-refractivity contribution in [1.82, 2.24) is 10.2 Å². The molecule has 0 radical (unpaired) electrons. The summed E-state index contributed by atoms with van der Waals surface area (Å²) in [4.78, 5) is 25.4. The number of nitrogens with two attached hydrogens (primary N) is 1. The van der Waals surface area contributed by atoms with Crippen molar-refractivity contribution in [3.63, 3.8) is 0 Å². The van der Waals surface area contributed by atoms with E-state index < -0.39 is 5.82 Å². The predicted octanol–water partition coefficient (Wildman–Crippen LogP) is 0.557. The van der Waals surface area contributed by atoms with Crippen LogP contribution in [0.25, 0.3) is 0 Å². The Kier molecular flexibility index (Phi) is 4.74. The third-order valence-corrected chi connectivity index (χ3v) is 3.54. The van der Waals surface area contributed by atoms with Crippen LogP contribution in [0.3, 0.4) is 0 Å². The second kappa shape index (κ2) is 6.53. The van der Waals surface area contributed by atoms with Crippen LogP contribution in [-0.2, 0) is 9.59 Å². The van der Waals surface area contributed by atoms with Gasteiger partial charge in [0.1, 0.15) is 5.82 Å². The van der Waals surface area contributed by atoms with Gasteiger partial charge in [0.2, 0.25) is 11.8 Å². The Morgan fingerprint density at radius 2 is 2.24 bits per heavy atom. The summed E-state index contributed by atoms with van der Waals surface area (Å²) in [6.07, 6.45) is 0.376. The number of nitrogens with one attached hydrogen (secondary N) is 2. The number of benzene rings is 1. The molecule has 1 atom stereocenters. The van der Waals surface area contributed by atoms with Crippen LogP contribution < -0.4 is 16.4 Å². The van der Waals surface area contributed by atoms with E-state index >= 15 is 0 Å². The minimum Gasteiger partial charge on any atom is -0.396 e. The molecule has 2 amide bonds. The van der Waals surface area contributed by atoms with Crippen molar-refractivity contribution in [2.24, 2.45) is 0 Å². The number of hydrogen-bond donors (Lipinski definition) is 3. The Morgan fingerprint density at radius 1 is 1.48 bits per heavy atom. The van der Waals surface area contributed by atoms with Crippen molar-refractivity contribution < 1.29 is 14.0 Å². The van der Waals surface area contributed by atoms with Crippen molar-refractivity contribution in [2.45, 2.75) is 19.4 Å². The third-order valence-electron chi connectivity index (χ3n) is 3.54. The molecule has 0 bridgehead atoms. The highest BCUT2D eigenvalue weighted by atomic mass is 19.1. The van der Waals surface area contributed by atoms with E-state index in [1.165, 1.54) is 18.2 Å². The molecule has 1 heterocycles. The SMILES string of the molecule is CC(C(=O)Nc1ccc(F)c(N)c1)N1CCNC(=O)CC1. The topological polar surface area (TPSA) is 87.5 Å². The van der Waals surface area contributed by atoms with Crippen LogP contribution in [0.4, 0.5) is 15.8 Å². The first kappa shape index (κ1) is 15.2. The minimum absolute atomic E-state index is 0.00332. The van der Waals surface area contributed by atoms with Crippen LogP contribution in [0.2, 0.25) is 0 Å². The van der Waals surface area contributed by atoms with Crippen LogP contribution in [-0.4, -0.2) is 42.4 Å². The van der Waals surface area contributed by atoms with Crippen LogP contribution in [0.1, 0.15) is 13.3 Å². The zero-order valence-corrected chi connectivity index (χ0v) is 11.9. The van der Waals surface area contributed by atoms with Crippen LogP contribution >= 0.6 is 0 Å². The molecule has 21 heavy (non-hydrogen) atoms. The zero-order valence-electron chi connectivity index (χ0n) is 11.9. The van der Waals surface area contributed by atoms with Gasteiger partial charge in [0.05, 0.1) is 11.7 Å². The molecule has 1 aromatic rings. The fourth-order valence-corrected chi connectivity index (χ4v) is 2.21. The summed E-state index contributed by atoms with van der Waals surface area (Å²) in [7, 11) is 0. The fourth-order valence-electron chi connectivity index (χ4n) is 2.21. The van der Waals surface area contributed by atoms with E-state index in [0.29, 0.717) is 31.7 Å². The standard InChI is InChI=1S/C14H19FN4O2/c1-9(19-6-4-13(20)17-5-7-19)14(21)18-10-2-3-11(15)12(16)8-10/h2-3,8-9H,4-7,16H2,1H3,(H,17,20)(H,18,21). The maximum Gasteiger partial charge on any atom is 0.241 e. The van der Waals surface area contributed by atoms with E-state index in [4.69, 9.17) is 5.73 Å². The molecule has 1 aliphatic rings. The van der Waals surface area contributed by atoms with E-state index in [9.17, 15) is 14.0 Å². The monoisotopic (exact) mass is 294 g/mol. The number of halogens is 1. The lowest BCUT2D eigenvalue weighted by Crippen LogP contribution is -2.43.